The molecule has 17 heavy (non-hydrogen) atoms. The van der Waals surface area contributed by atoms with Gasteiger partial charge in [-0.25, -0.2) is 0 Å². The van der Waals surface area contributed by atoms with Crippen LogP contribution in [0.2, 0.25) is 0 Å². The molecule has 5 atom stereocenters. The zero-order valence-electron chi connectivity index (χ0n) is 10.5. The molecule has 2 rings (SSSR count). The maximum atomic E-state index is 5.85. The molecule has 3 N–H and O–H groups in total. The summed E-state index contributed by atoms with van der Waals surface area (Å²) in [4.78, 5) is 8.42. The molecule has 0 amide bonds. The molecule has 1 aliphatic heterocycles. The molecule has 1 aromatic heterocycles. The fourth-order valence-corrected chi connectivity index (χ4v) is 2.73. The second-order valence-corrected chi connectivity index (χ2v) is 4.76. The summed E-state index contributed by atoms with van der Waals surface area (Å²) in [7, 11) is 0. The van der Waals surface area contributed by atoms with Gasteiger partial charge >= 0.3 is 0 Å². The van der Waals surface area contributed by atoms with Crippen LogP contribution in [0.4, 0.5) is 0 Å². The third-order valence-electron chi connectivity index (χ3n) is 3.79. The molecule has 0 spiro atoms. The van der Waals surface area contributed by atoms with Crippen LogP contribution in [0.3, 0.4) is 0 Å². The molecule has 94 valence electrons. The molecule has 5 nitrogen and oxygen atoms in total. The van der Waals surface area contributed by atoms with E-state index in [1.165, 1.54) is 0 Å². The standard InChI is InChI=1S/C12H20N4O/c1-7-8(2)17-9(3)11(7)12(16-13)10-6-14-4-5-15-10/h4-9,11-12,16H,13H2,1-3H3. The molecular formula is C12H20N4O. The van der Waals surface area contributed by atoms with Crippen molar-refractivity contribution < 1.29 is 4.74 Å². The summed E-state index contributed by atoms with van der Waals surface area (Å²) in [5, 5.41) is 0. The Labute approximate surface area is 102 Å². The average molecular weight is 236 g/mol. The van der Waals surface area contributed by atoms with E-state index in [-0.39, 0.29) is 18.2 Å². The predicted octanol–water partition coefficient (Wildman–Crippen LogP) is 1.04. The lowest BCUT2D eigenvalue weighted by Gasteiger charge is -2.27. The summed E-state index contributed by atoms with van der Waals surface area (Å²) >= 11 is 0. The number of aromatic nitrogens is 2. The Morgan fingerprint density at radius 2 is 2.06 bits per heavy atom. The van der Waals surface area contributed by atoms with Crippen molar-refractivity contribution in [2.24, 2.45) is 17.7 Å². The molecule has 0 aromatic carbocycles. The Bertz CT molecular complexity index is 359. The molecular weight excluding hydrogens is 216 g/mol. The Hall–Kier alpha value is -1.04. The van der Waals surface area contributed by atoms with Crippen molar-refractivity contribution in [2.45, 2.75) is 39.0 Å². The van der Waals surface area contributed by atoms with Crippen LogP contribution in [0, 0.1) is 11.8 Å². The van der Waals surface area contributed by atoms with E-state index in [1.54, 1.807) is 18.6 Å². The minimum atomic E-state index is -0.0151. The monoisotopic (exact) mass is 236 g/mol. The van der Waals surface area contributed by atoms with Gasteiger partial charge in [0.25, 0.3) is 0 Å². The Balaban J connectivity index is 2.24. The summed E-state index contributed by atoms with van der Waals surface area (Å²) in [5.74, 6) is 6.43. The third-order valence-corrected chi connectivity index (χ3v) is 3.79. The van der Waals surface area contributed by atoms with Crippen molar-refractivity contribution in [3.05, 3.63) is 24.3 Å². The first-order valence-corrected chi connectivity index (χ1v) is 6.02. The van der Waals surface area contributed by atoms with Gasteiger partial charge in [-0.15, -0.1) is 0 Å². The van der Waals surface area contributed by atoms with Gasteiger partial charge in [0.05, 0.1) is 30.1 Å². The Morgan fingerprint density at radius 1 is 1.29 bits per heavy atom. The highest BCUT2D eigenvalue weighted by Crippen LogP contribution is 2.39. The van der Waals surface area contributed by atoms with Crippen LogP contribution in [0.25, 0.3) is 0 Å². The molecule has 1 aromatic rings. The number of nitrogens with zero attached hydrogens (tertiary/aromatic N) is 2. The van der Waals surface area contributed by atoms with Gasteiger partial charge in [-0.3, -0.25) is 21.2 Å². The van der Waals surface area contributed by atoms with Crippen LogP contribution in [0.1, 0.15) is 32.5 Å². The number of hydrazine groups is 1. The minimum absolute atomic E-state index is 0.0151. The molecule has 1 aliphatic rings. The third kappa shape index (κ3) is 2.31. The van der Waals surface area contributed by atoms with Crippen molar-refractivity contribution in [1.29, 1.82) is 0 Å². The fraction of sp³-hybridized carbons (Fsp3) is 0.667. The average Bonchev–Trinajstić information content (AvgIpc) is 2.58. The van der Waals surface area contributed by atoms with Gasteiger partial charge in [0.15, 0.2) is 0 Å². The van der Waals surface area contributed by atoms with Gasteiger partial charge in [-0.1, -0.05) is 6.92 Å². The van der Waals surface area contributed by atoms with Gasteiger partial charge in [-0.05, 0) is 19.8 Å². The van der Waals surface area contributed by atoms with Gasteiger partial charge in [0, 0.05) is 18.3 Å². The van der Waals surface area contributed by atoms with E-state index in [0.717, 1.165) is 5.69 Å². The van der Waals surface area contributed by atoms with E-state index < -0.39 is 0 Å². The molecule has 0 saturated carbocycles. The maximum absolute atomic E-state index is 5.85. The lowest BCUT2D eigenvalue weighted by atomic mass is 9.82. The number of rotatable bonds is 3. The number of hydrogen-bond donors (Lipinski definition) is 2. The van der Waals surface area contributed by atoms with Gasteiger partial charge in [0.1, 0.15) is 0 Å². The van der Waals surface area contributed by atoms with E-state index in [2.05, 4.69) is 36.2 Å². The zero-order valence-corrected chi connectivity index (χ0v) is 10.5. The van der Waals surface area contributed by atoms with E-state index >= 15 is 0 Å². The summed E-state index contributed by atoms with van der Waals surface area (Å²) in [6.07, 6.45) is 5.53. The number of nitrogens with one attached hydrogen (secondary N) is 1. The molecule has 0 aliphatic carbocycles. The van der Waals surface area contributed by atoms with Gasteiger partial charge in [0.2, 0.25) is 0 Å². The first kappa shape index (κ1) is 12.4. The fourth-order valence-electron chi connectivity index (χ4n) is 2.73. The maximum Gasteiger partial charge on any atom is 0.0773 e. The molecule has 1 fully saturated rings. The first-order chi connectivity index (χ1) is 8.15. The molecule has 5 heteroatoms. The molecule has 2 heterocycles. The largest absolute Gasteiger partial charge is 0.375 e. The van der Waals surface area contributed by atoms with Crippen molar-refractivity contribution in [2.75, 3.05) is 0 Å². The lowest BCUT2D eigenvalue weighted by Crippen LogP contribution is -2.39. The van der Waals surface area contributed by atoms with Crippen LogP contribution in [-0.2, 0) is 4.74 Å². The Kier molecular flexibility index (Phi) is 3.71. The number of ether oxygens (including phenoxy) is 1. The topological polar surface area (TPSA) is 73.1 Å². The van der Waals surface area contributed by atoms with Crippen molar-refractivity contribution in [3.8, 4) is 0 Å². The van der Waals surface area contributed by atoms with Crippen molar-refractivity contribution >= 4 is 0 Å². The molecule has 0 bridgehead atoms. The van der Waals surface area contributed by atoms with Crippen LogP contribution in [0.15, 0.2) is 18.6 Å². The molecule has 5 unspecified atom stereocenters. The quantitative estimate of drug-likeness (QED) is 0.606. The predicted molar refractivity (Wildman–Crippen MR) is 64.8 cm³/mol. The Morgan fingerprint density at radius 3 is 2.53 bits per heavy atom. The lowest BCUT2D eigenvalue weighted by molar-refractivity contribution is 0.0473. The van der Waals surface area contributed by atoms with Crippen LogP contribution in [0.5, 0.6) is 0 Å². The summed E-state index contributed by atoms with van der Waals surface area (Å²) in [5.41, 5.74) is 3.73. The highest BCUT2D eigenvalue weighted by atomic mass is 16.5. The normalized spacial score (nSPS) is 34.8. The molecule has 1 saturated heterocycles. The smallest absolute Gasteiger partial charge is 0.0773 e. The summed E-state index contributed by atoms with van der Waals surface area (Å²) in [6, 6.07) is -0.0151. The van der Waals surface area contributed by atoms with Crippen LogP contribution in [-0.4, -0.2) is 22.2 Å². The van der Waals surface area contributed by atoms with E-state index in [0.29, 0.717) is 11.8 Å². The highest BCUT2D eigenvalue weighted by Gasteiger charge is 2.42. The SMILES string of the molecule is CC1OC(C)C(C(NN)c2cnccn2)C1C. The van der Waals surface area contributed by atoms with Gasteiger partial charge < -0.3 is 4.74 Å². The number of hydrogen-bond acceptors (Lipinski definition) is 5. The highest BCUT2D eigenvalue weighted by molar-refractivity contribution is 5.07. The van der Waals surface area contributed by atoms with E-state index in [9.17, 15) is 0 Å². The van der Waals surface area contributed by atoms with Crippen molar-refractivity contribution in [1.82, 2.24) is 15.4 Å². The minimum Gasteiger partial charge on any atom is -0.375 e. The van der Waals surface area contributed by atoms with Gasteiger partial charge in [-0.2, -0.15) is 0 Å². The van der Waals surface area contributed by atoms with Crippen LogP contribution < -0.4 is 11.3 Å². The zero-order chi connectivity index (χ0) is 12.4. The second-order valence-electron chi connectivity index (χ2n) is 4.76. The number of nitrogens with two attached hydrogens (primary N) is 1. The van der Waals surface area contributed by atoms with E-state index in [1.807, 2.05) is 0 Å². The van der Waals surface area contributed by atoms with Crippen molar-refractivity contribution in [3.63, 3.8) is 0 Å². The first-order valence-electron chi connectivity index (χ1n) is 6.02. The molecule has 0 radical (unpaired) electrons. The summed E-state index contributed by atoms with van der Waals surface area (Å²) < 4.78 is 5.85. The van der Waals surface area contributed by atoms with E-state index in [4.69, 9.17) is 10.6 Å². The van der Waals surface area contributed by atoms with Crippen LogP contribution >= 0.6 is 0 Å². The summed E-state index contributed by atoms with van der Waals surface area (Å²) in [6.45, 7) is 6.39. The second kappa shape index (κ2) is 5.08.